The van der Waals surface area contributed by atoms with Crippen molar-refractivity contribution in [3.8, 4) is 23.7 Å². The van der Waals surface area contributed by atoms with Crippen LogP contribution in [0.1, 0.15) is 61.3 Å². The lowest BCUT2D eigenvalue weighted by Gasteiger charge is -2.52. The van der Waals surface area contributed by atoms with Gasteiger partial charge in [-0.1, -0.05) is 90.6 Å². The van der Waals surface area contributed by atoms with Crippen molar-refractivity contribution in [2.24, 2.45) is 5.41 Å². The third-order valence-corrected chi connectivity index (χ3v) is 13.0. The summed E-state index contributed by atoms with van der Waals surface area (Å²) in [4.78, 5) is 11.0. The molecule has 0 saturated carbocycles. The van der Waals surface area contributed by atoms with E-state index in [1.165, 1.54) is 6.92 Å². The summed E-state index contributed by atoms with van der Waals surface area (Å²) in [6, 6.07) is 0.991. The third-order valence-electron chi connectivity index (χ3n) is 7.02. The third kappa shape index (κ3) is 8.98. The smallest absolute Gasteiger partial charge is 0.302 e. The van der Waals surface area contributed by atoms with Crippen LogP contribution >= 0.6 is 0 Å². The maximum Gasteiger partial charge on any atom is 0.302 e. The summed E-state index contributed by atoms with van der Waals surface area (Å²) in [7, 11) is -3.44. The molecule has 0 aromatic rings. The van der Waals surface area contributed by atoms with E-state index in [2.05, 4.69) is 104 Å². The molecule has 0 aromatic carbocycles. The zero-order valence-corrected chi connectivity index (χ0v) is 26.4. The molecule has 0 saturated heterocycles. The van der Waals surface area contributed by atoms with Gasteiger partial charge in [0, 0.05) is 26.0 Å². The molecule has 0 aliphatic heterocycles. The molecule has 0 spiro atoms. The van der Waals surface area contributed by atoms with E-state index >= 15 is 0 Å². The van der Waals surface area contributed by atoms with Crippen LogP contribution in [0.5, 0.6) is 0 Å². The topological polar surface area (TPSA) is 35.5 Å². The van der Waals surface area contributed by atoms with Gasteiger partial charge in [0.25, 0.3) is 0 Å². The van der Waals surface area contributed by atoms with Crippen LogP contribution in [0.4, 0.5) is 0 Å². The number of hydrogen-bond donors (Lipinski definition) is 0. The molecule has 194 valence electrons. The second kappa shape index (κ2) is 11.5. The van der Waals surface area contributed by atoms with Gasteiger partial charge in [-0.2, -0.15) is 0 Å². The van der Waals surface area contributed by atoms with Crippen LogP contribution in [0.25, 0.3) is 0 Å². The Bertz CT molecular complexity index is 993. The van der Waals surface area contributed by atoms with Crippen molar-refractivity contribution in [1.82, 2.24) is 0 Å². The molecule has 35 heavy (non-hydrogen) atoms. The normalized spacial score (nSPS) is 20.6. The Balaban J connectivity index is 3.49. The van der Waals surface area contributed by atoms with Gasteiger partial charge in [0.2, 0.25) is 0 Å². The number of esters is 1. The number of allylic oxidation sites excluding steroid dienone is 3. The Morgan fingerprint density at radius 3 is 2.26 bits per heavy atom. The van der Waals surface area contributed by atoms with Gasteiger partial charge in [0.1, 0.15) is 12.2 Å². The summed E-state index contributed by atoms with van der Waals surface area (Å²) < 4.78 is 12.2. The minimum Gasteiger partial charge on any atom is -0.462 e. The van der Waals surface area contributed by atoms with E-state index in [1.807, 2.05) is 13.0 Å². The zero-order valence-electron chi connectivity index (χ0n) is 24.4. The van der Waals surface area contributed by atoms with Crippen LogP contribution < -0.4 is 0 Å². The van der Waals surface area contributed by atoms with Crippen LogP contribution in [0, 0.1) is 29.1 Å². The lowest BCUT2D eigenvalue weighted by atomic mass is 9.64. The molecule has 0 bridgehead atoms. The molecule has 5 heteroatoms. The van der Waals surface area contributed by atoms with E-state index < -0.39 is 27.4 Å². The van der Waals surface area contributed by atoms with Gasteiger partial charge in [-0.15, -0.1) is 0 Å². The van der Waals surface area contributed by atoms with Gasteiger partial charge in [0.05, 0.1) is 0 Å². The summed E-state index contributed by atoms with van der Waals surface area (Å²) in [5.74, 6) is 13.5. The van der Waals surface area contributed by atoms with Crippen molar-refractivity contribution in [2.75, 3.05) is 6.61 Å². The summed E-state index contributed by atoms with van der Waals surface area (Å²) in [6.45, 7) is 30.8. The van der Waals surface area contributed by atoms with Crippen LogP contribution in [-0.2, 0) is 14.0 Å². The van der Waals surface area contributed by atoms with Crippen LogP contribution in [0.15, 0.2) is 35.5 Å². The Morgan fingerprint density at radius 1 is 1.14 bits per heavy atom. The molecular formula is C30H48O3Si2. The molecule has 1 unspecified atom stereocenters. The fraction of sp³-hybridized carbons (Fsp3) is 0.633. The first kappa shape index (κ1) is 31.2. The average molecular weight is 513 g/mol. The fourth-order valence-electron chi connectivity index (χ4n) is 3.80. The van der Waals surface area contributed by atoms with E-state index in [0.29, 0.717) is 0 Å². The first-order valence-corrected chi connectivity index (χ1v) is 19.3. The molecule has 0 radical (unpaired) electrons. The average Bonchev–Trinajstić information content (AvgIpc) is 2.64. The van der Waals surface area contributed by atoms with Gasteiger partial charge < -0.3 is 9.16 Å². The molecule has 0 heterocycles. The second-order valence-corrected chi connectivity index (χ2v) is 23.2. The van der Waals surface area contributed by atoms with E-state index in [4.69, 9.17) is 9.16 Å². The number of carbonyl (C=O) groups excluding carboxylic acids is 1. The maximum absolute atomic E-state index is 11.0. The van der Waals surface area contributed by atoms with Crippen molar-refractivity contribution in [2.45, 2.75) is 111 Å². The van der Waals surface area contributed by atoms with Crippen LogP contribution in [0.3, 0.4) is 0 Å². The van der Waals surface area contributed by atoms with Crippen molar-refractivity contribution in [3.63, 3.8) is 0 Å². The standard InChI is InChI=1S/C30H48O3Si2/c1-24(19-22-32-26(3)31)16-17-27-15-14-20-30(29(27,7)8,33-35(12,13)28(4,5)6)21-18-25(2)23-34(9,10)11/h15,19H,2,14,20,22-23H2,1,3-13H3/b24-19-. The number of carbonyl (C=O) groups is 1. The largest absolute Gasteiger partial charge is 0.462 e. The van der Waals surface area contributed by atoms with Gasteiger partial charge in [-0.05, 0) is 61.2 Å². The highest BCUT2D eigenvalue weighted by molar-refractivity contribution is 6.76. The number of ether oxygens (including phenoxy) is 1. The summed E-state index contributed by atoms with van der Waals surface area (Å²) in [5, 5.41) is 0.0656. The lowest BCUT2D eigenvalue weighted by Crippen LogP contribution is -2.57. The van der Waals surface area contributed by atoms with Gasteiger partial charge in [-0.25, -0.2) is 0 Å². The molecular weight excluding hydrogens is 464 g/mol. The molecule has 0 amide bonds. The molecule has 1 aliphatic rings. The van der Waals surface area contributed by atoms with Gasteiger partial charge >= 0.3 is 5.97 Å². The quantitative estimate of drug-likeness (QED) is 0.206. The lowest BCUT2D eigenvalue weighted by molar-refractivity contribution is -0.139. The Labute approximate surface area is 218 Å². The second-order valence-electron chi connectivity index (χ2n) is 13.0. The van der Waals surface area contributed by atoms with Gasteiger partial charge in [-0.3, -0.25) is 4.79 Å². The van der Waals surface area contributed by atoms with Crippen molar-refractivity contribution < 1.29 is 14.0 Å². The fourth-order valence-corrected chi connectivity index (χ4v) is 6.75. The monoisotopic (exact) mass is 512 g/mol. The highest BCUT2D eigenvalue weighted by Gasteiger charge is 2.53. The predicted octanol–water partition coefficient (Wildman–Crippen LogP) is 7.90. The molecule has 1 rings (SSSR count). The van der Waals surface area contributed by atoms with Crippen molar-refractivity contribution >= 4 is 22.4 Å². The van der Waals surface area contributed by atoms with Crippen molar-refractivity contribution in [1.29, 1.82) is 0 Å². The Hall–Kier alpha value is -1.80. The van der Waals surface area contributed by atoms with E-state index in [1.54, 1.807) is 0 Å². The van der Waals surface area contributed by atoms with E-state index in [0.717, 1.165) is 35.6 Å². The van der Waals surface area contributed by atoms with Crippen molar-refractivity contribution in [3.05, 3.63) is 35.5 Å². The molecule has 1 aliphatic carbocycles. The molecule has 1 atom stereocenters. The van der Waals surface area contributed by atoms with E-state index in [-0.39, 0.29) is 17.6 Å². The highest BCUT2D eigenvalue weighted by Crippen LogP contribution is 2.51. The molecule has 0 aromatic heterocycles. The highest BCUT2D eigenvalue weighted by atomic mass is 28.4. The van der Waals surface area contributed by atoms with Gasteiger partial charge in [0.15, 0.2) is 8.32 Å². The molecule has 0 fully saturated rings. The molecule has 3 nitrogen and oxygen atoms in total. The Kier molecular flexibility index (Phi) is 10.3. The van der Waals surface area contributed by atoms with Crippen LogP contribution in [0.2, 0.25) is 43.8 Å². The summed E-state index contributed by atoms with van der Waals surface area (Å²) >= 11 is 0. The van der Waals surface area contributed by atoms with Crippen LogP contribution in [-0.4, -0.2) is 34.6 Å². The summed E-state index contributed by atoms with van der Waals surface area (Å²) in [5.41, 5.74) is 1.90. The zero-order chi connectivity index (χ0) is 27.3. The first-order chi connectivity index (χ1) is 15.7. The number of hydrogen-bond acceptors (Lipinski definition) is 3. The Morgan fingerprint density at radius 2 is 1.74 bits per heavy atom. The van der Waals surface area contributed by atoms with E-state index in [9.17, 15) is 4.79 Å². The SMILES string of the molecule is C=C(C#CC1(O[Si](C)(C)C(C)(C)C)CCC=C(C#C/C(C)=C\COC(C)=O)C1(C)C)C[Si](C)(C)C. The number of rotatable bonds is 6. The predicted molar refractivity (Wildman–Crippen MR) is 155 cm³/mol. The first-order valence-electron chi connectivity index (χ1n) is 12.7. The summed E-state index contributed by atoms with van der Waals surface area (Å²) in [6.07, 6.45) is 5.78. The minimum atomic E-state index is -2.13. The minimum absolute atomic E-state index is 0.0656. The molecule has 0 N–H and O–H groups in total. The maximum atomic E-state index is 11.0.